The van der Waals surface area contributed by atoms with Crippen molar-refractivity contribution in [1.82, 2.24) is 24.9 Å². The second-order valence-electron chi connectivity index (χ2n) is 6.18. The number of benzene rings is 1. The first-order valence-corrected chi connectivity index (χ1v) is 8.91. The van der Waals surface area contributed by atoms with Crippen molar-refractivity contribution in [1.29, 1.82) is 0 Å². The second-order valence-corrected chi connectivity index (χ2v) is 6.59. The van der Waals surface area contributed by atoms with E-state index in [2.05, 4.69) is 25.3 Å². The van der Waals surface area contributed by atoms with Gasteiger partial charge in [-0.2, -0.15) is 0 Å². The number of rotatable bonds is 3. The number of anilines is 2. The van der Waals surface area contributed by atoms with E-state index in [0.29, 0.717) is 39.3 Å². The van der Waals surface area contributed by atoms with Crippen LogP contribution < -0.4 is 5.32 Å². The molecule has 0 amide bonds. The van der Waals surface area contributed by atoms with Crippen LogP contribution in [0.1, 0.15) is 5.89 Å². The lowest BCUT2D eigenvalue weighted by atomic mass is 10.2. The highest BCUT2D eigenvalue weighted by molar-refractivity contribution is 6.34. The quantitative estimate of drug-likeness (QED) is 0.468. The van der Waals surface area contributed by atoms with E-state index in [4.69, 9.17) is 21.0 Å². The number of pyridine rings is 2. The molecule has 28 heavy (non-hydrogen) atoms. The van der Waals surface area contributed by atoms with Crippen LogP contribution in [0.2, 0.25) is 5.02 Å². The maximum atomic E-state index is 6.46. The second kappa shape index (κ2) is 6.54. The van der Waals surface area contributed by atoms with E-state index in [1.165, 1.54) is 0 Å². The van der Waals surface area contributed by atoms with Gasteiger partial charge in [-0.3, -0.25) is 9.97 Å². The highest BCUT2D eigenvalue weighted by atomic mass is 35.5. The number of hydrogen-bond acceptors (Lipinski definition) is 7. The van der Waals surface area contributed by atoms with E-state index in [1.54, 1.807) is 37.8 Å². The van der Waals surface area contributed by atoms with Gasteiger partial charge in [0, 0.05) is 43.3 Å². The third-order valence-corrected chi connectivity index (χ3v) is 4.59. The summed E-state index contributed by atoms with van der Waals surface area (Å²) in [4.78, 5) is 21.9. The van der Waals surface area contributed by atoms with Gasteiger partial charge in [0.15, 0.2) is 17.3 Å². The minimum absolute atomic E-state index is 0.516. The lowest BCUT2D eigenvalue weighted by molar-refractivity contribution is 0.561. The molecule has 5 rings (SSSR count). The first-order valence-electron chi connectivity index (χ1n) is 8.53. The molecule has 5 aromatic rings. The van der Waals surface area contributed by atoms with Crippen molar-refractivity contribution in [2.45, 2.75) is 6.92 Å². The molecule has 4 aromatic heterocycles. The number of hydrogen-bond donors (Lipinski definition) is 1. The minimum atomic E-state index is 0.516. The molecule has 0 aliphatic carbocycles. The van der Waals surface area contributed by atoms with Crippen LogP contribution in [0.3, 0.4) is 0 Å². The Morgan fingerprint density at radius 1 is 0.929 bits per heavy atom. The first-order chi connectivity index (χ1) is 13.7. The van der Waals surface area contributed by atoms with Crippen molar-refractivity contribution in [3.63, 3.8) is 0 Å². The van der Waals surface area contributed by atoms with Gasteiger partial charge < -0.3 is 9.73 Å². The van der Waals surface area contributed by atoms with Crippen LogP contribution in [-0.4, -0.2) is 24.9 Å². The average molecular weight is 389 g/mol. The van der Waals surface area contributed by atoms with Gasteiger partial charge in [0.1, 0.15) is 11.3 Å². The van der Waals surface area contributed by atoms with Gasteiger partial charge in [0.25, 0.3) is 0 Å². The molecular weight excluding hydrogens is 376 g/mol. The minimum Gasteiger partial charge on any atom is -0.441 e. The summed E-state index contributed by atoms with van der Waals surface area (Å²) in [5.41, 5.74) is 3.65. The summed E-state index contributed by atoms with van der Waals surface area (Å²) >= 11 is 6.46. The molecule has 8 heteroatoms. The van der Waals surface area contributed by atoms with Crippen LogP contribution in [0.25, 0.3) is 33.4 Å². The fraction of sp³-hybridized carbons (Fsp3) is 0.0500. The Morgan fingerprint density at radius 2 is 1.75 bits per heavy atom. The molecule has 0 atom stereocenters. The molecule has 0 spiro atoms. The van der Waals surface area contributed by atoms with Gasteiger partial charge in [0.2, 0.25) is 0 Å². The Balaban J connectivity index is 1.67. The molecule has 7 nitrogen and oxygen atoms in total. The molecule has 0 saturated carbocycles. The van der Waals surface area contributed by atoms with Gasteiger partial charge in [-0.15, -0.1) is 0 Å². The lowest BCUT2D eigenvalue weighted by Crippen LogP contribution is -2.00. The number of fused-ring (bicyclic) bond motifs is 2. The van der Waals surface area contributed by atoms with Crippen molar-refractivity contribution in [2.75, 3.05) is 5.32 Å². The molecule has 0 bridgehead atoms. The molecule has 1 aromatic carbocycles. The van der Waals surface area contributed by atoms with Crippen molar-refractivity contribution < 1.29 is 4.42 Å². The van der Waals surface area contributed by atoms with Gasteiger partial charge in [0.05, 0.1) is 21.6 Å². The third-order valence-electron chi connectivity index (χ3n) is 4.27. The number of aromatic nitrogens is 5. The summed E-state index contributed by atoms with van der Waals surface area (Å²) in [5.74, 6) is 1.76. The largest absolute Gasteiger partial charge is 0.441 e. The Labute approximate surface area is 164 Å². The maximum Gasteiger partial charge on any atom is 0.192 e. The smallest absolute Gasteiger partial charge is 0.192 e. The highest BCUT2D eigenvalue weighted by Gasteiger charge is 2.13. The topological polar surface area (TPSA) is 89.6 Å². The van der Waals surface area contributed by atoms with Crippen LogP contribution in [0.15, 0.2) is 59.5 Å². The molecule has 0 unspecified atom stereocenters. The van der Waals surface area contributed by atoms with Gasteiger partial charge in [-0.05, 0) is 24.3 Å². The number of aryl methyl sites for hydroxylation is 1. The zero-order chi connectivity index (χ0) is 19.1. The van der Waals surface area contributed by atoms with Crippen molar-refractivity contribution in [3.8, 4) is 11.4 Å². The molecular formula is C20H13ClN6O. The van der Waals surface area contributed by atoms with E-state index in [1.807, 2.05) is 24.3 Å². The molecule has 1 N–H and O–H groups in total. The Bertz CT molecular complexity index is 1320. The molecule has 0 saturated heterocycles. The summed E-state index contributed by atoms with van der Waals surface area (Å²) in [6, 6.07) is 9.15. The molecule has 4 heterocycles. The first kappa shape index (κ1) is 16.6. The van der Waals surface area contributed by atoms with Crippen LogP contribution in [0, 0.1) is 6.92 Å². The molecule has 0 fully saturated rings. The van der Waals surface area contributed by atoms with Gasteiger partial charge in [-0.1, -0.05) is 11.6 Å². The number of nitrogens with zero attached hydrogens (tertiary/aromatic N) is 5. The SMILES string of the molecule is Cc1nc2cc(Cl)c(Nc3nc(-c4ccncc4)nc4ccncc34)cc2o1. The van der Waals surface area contributed by atoms with Crippen LogP contribution in [0.5, 0.6) is 0 Å². The number of oxazole rings is 1. The van der Waals surface area contributed by atoms with E-state index in [-0.39, 0.29) is 0 Å². The van der Waals surface area contributed by atoms with Gasteiger partial charge >= 0.3 is 0 Å². The Morgan fingerprint density at radius 3 is 2.61 bits per heavy atom. The normalized spacial score (nSPS) is 11.2. The van der Waals surface area contributed by atoms with E-state index < -0.39 is 0 Å². The average Bonchev–Trinajstić information content (AvgIpc) is 3.07. The molecule has 0 aliphatic heterocycles. The Kier molecular flexibility index (Phi) is 3.87. The highest BCUT2D eigenvalue weighted by Crippen LogP contribution is 2.33. The predicted octanol–water partition coefficient (Wildman–Crippen LogP) is 4.93. The van der Waals surface area contributed by atoms with Gasteiger partial charge in [-0.25, -0.2) is 15.0 Å². The monoisotopic (exact) mass is 388 g/mol. The maximum absolute atomic E-state index is 6.46. The third kappa shape index (κ3) is 2.91. The van der Waals surface area contributed by atoms with E-state index in [0.717, 1.165) is 16.5 Å². The number of halogens is 1. The molecule has 0 aliphatic rings. The zero-order valence-corrected chi connectivity index (χ0v) is 15.5. The summed E-state index contributed by atoms with van der Waals surface area (Å²) in [6.45, 7) is 1.80. The predicted molar refractivity (Wildman–Crippen MR) is 108 cm³/mol. The molecule has 0 radical (unpaired) electrons. The van der Waals surface area contributed by atoms with E-state index in [9.17, 15) is 0 Å². The fourth-order valence-corrected chi connectivity index (χ4v) is 3.19. The van der Waals surface area contributed by atoms with Crippen molar-refractivity contribution in [3.05, 3.63) is 66.0 Å². The van der Waals surface area contributed by atoms with E-state index >= 15 is 0 Å². The van der Waals surface area contributed by atoms with Crippen molar-refractivity contribution in [2.24, 2.45) is 0 Å². The summed E-state index contributed by atoms with van der Waals surface area (Å²) in [7, 11) is 0. The van der Waals surface area contributed by atoms with Crippen molar-refractivity contribution >= 4 is 45.1 Å². The summed E-state index contributed by atoms with van der Waals surface area (Å²) in [5, 5.41) is 4.60. The summed E-state index contributed by atoms with van der Waals surface area (Å²) in [6.07, 6.45) is 6.84. The summed E-state index contributed by atoms with van der Waals surface area (Å²) < 4.78 is 5.62. The lowest BCUT2D eigenvalue weighted by Gasteiger charge is -2.12. The fourth-order valence-electron chi connectivity index (χ4n) is 2.98. The molecule has 136 valence electrons. The number of nitrogens with one attached hydrogen (secondary N) is 1. The Hall–Kier alpha value is -3.58. The standard InChI is InChI=1S/C20H13ClN6O/c1-11-24-17-8-14(21)16(9-18(17)28-11)26-20-13-10-23-7-4-15(13)25-19(27-20)12-2-5-22-6-3-12/h2-10H,1H3,(H,25,26,27). The zero-order valence-electron chi connectivity index (χ0n) is 14.7. The van der Waals surface area contributed by atoms with Crippen LogP contribution in [0.4, 0.5) is 11.5 Å². The van der Waals surface area contributed by atoms with Crippen LogP contribution >= 0.6 is 11.6 Å². The van der Waals surface area contributed by atoms with Crippen LogP contribution in [-0.2, 0) is 0 Å².